The number of hydrogen-bond donors (Lipinski definition) is 0. The minimum atomic E-state index is 0.192. The van der Waals surface area contributed by atoms with Crippen molar-refractivity contribution in [1.82, 2.24) is 0 Å². The lowest BCUT2D eigenvalue weighted by molar-refractivity contribution is 0.133. The first-order chi connectivity index (χ1) is 17.8. The average molecular weight is 534 g/mol. The molecular weight excluding hydrogens is 500 g/mol. The summed E-state index contributed by atoms with van der Waals surface area (Å²) in [6.45, 7) is 0. The van der Waals surface area contributed by atoms with Crippen LogP contribution in [-0.4, -0.2) is 4.83 Å². The topological polar surface area (TPSA) is 0 Å². The molecule has 1 spiro atoms. The highest BCUT2D eigenvalue weighted by molar-refractivity contribution is 9.09. The molecule has 0 nitrogen and oxygen atoms in total. The molecule has 8 atom stereocenters. The van der Waals surface area contributed by atoms with Crippen LogP contribution < -0.4 is 0 Å². The lowest BCUT2D eigenvalue weighted by Crippen LogP contribution is -2.43. The van der Waals surface area contributed by atoms with Gasteiger partial charge in [0, 0.05) is 22.1 Å². The van der Waals surface area contributed by atoms with E-state index < -0.39 is 0 Å². The zero-order chi connectivity index (χ0) is 23.6. The first-order valence-electron chi connectivity index (χ1n) is 14.4. The summed E-state index contributed by atoms with van der Waals surface area (Å²) in [5.74, 6) is 3.66. The summed E-state index contributed by atoms with van der Waals surface area (Å²) in [4.78, 5) is 0.464. The smallest absolute Gasteiger partial charge is 0.0401 e. The van der Waals surface area contributed by atoms with Crippen LogP contribution in [0, 0.1) is 40.9 Å². The maximum Gasteiger partial charge on any atom is 0.0401 e. The molecule has 9 aliphatic rings. The summed E-state index contributed by atoms with van der Waals surface area (Å²) in [6, 6.07) is 0. The molecule has 0 amide bonds. The molecule has 0 aromatic heterocycles. The third-order valence-corrected chi connectivity index (χ3v) is 12.2. The molecule has 1 saturated carbocycles. The van der Waals surface area contributed by atoms with Gasteiger partial charge in [-0.15, -0.1) is 0 Å². The molecule has 8 unspecified atom stereocenters. The van der Waals surface area contributed by atoms with Gasteiger partial charge in [-0.1, -0.05) is 94.4 Å². The van der Waals surface area contributed by atoms with Crippen LogP contribution in [0.4, 0.5) is 0 Å². The fraction of sp³-hybridized carbons (Fsp3) is 0.429. The number of fused-ring (bicyclic) bond motifs is 11. The molecule has 0 aromatic carbocycles. The van der Waals surface area contributed by atoms with Gasteiger partial charge >= 0.3 is 0 Å². The molecule has 36 heavy (non-hydrogen) atoms. The van der Waals surface area contributed by atoms with Crippen LogP contribution >= 0.6 is 15.9 Å². The van der Waals surface area contributed by atoms with Gasteiger partial charge in [0.15, 0.2) is 0 Å². The predicted molar refractivity (Wildman–Crippen MR) is 151 cm³/mol. The van der Waals surface area contributed by atoms with Gasteiger partial charge in [0.2, 0.25) is 0 Å². The second-order valence-corrected chi connectivity index (χ2v) is 13.6. The van der Waals surface area contributed by atoms with Gasteiger partial charge in [-0.05, 0) is 108 Å². The standard InChI is InChI=1S/C35H33Br/c36-31-18-8-14-24-22-11-3-5-16-28(22)35(34(24)31)29-17-6-4-12-25(29)33-26-15-7-13-23-20-9-1-2-10-21(20)27(32(23)26)19-30(33)35/h1,3,5-9,11,14-17,22-23,25,28-31H,2,4,10,12-13,18-19H2. The molecule has 180 valence electrons. The van der Waals surface area contributed by atoms with Crippen LogP contribution in [0.25, 0.3) is 0 Å². The van der Waals surface area contributed by atoms with Gasteiger partial charge in [-0.2, -0.15) is 0 Å². The third kappa shape index (κ3) is 2.30. The van der Waals surface area contributed by atoms with Crippen LogP contribution in [0.5, 0.6) is 0 Å². The molecule has 1 heteroatoms. The van der Waals surface area contributed by atoms with Crippen LogP contribution in [0.15, 0.2) is 117 Å². The molecule has 0 heterocycles. The molecule has 1 fully saturated rings. The monoisotopic (exact) mass is 532 g/mol. The van der Waals surface area contributed by atoms with Gasteiger partial charge in [0.25, 0.3) is 0 Å². The van der Waals surface area contributed by atoms with Crippen LogP contribution in [0.1, 0.15) is 44.9 Å². The van der Waals surface area contributed by atoms with E-state index in [0.29, 0.717) is 40.3 Å². The van der Waals surface area contributed by atoms with Crippen LogP contribution in [-0.2, 0) is 0 Å². The lowest BCUT2D eigenvalue weighted by atomic mass is 9.56. The van der Waals surface area contributed by atoms with Crippen molar-refractivity contribution in [3.63, 3.8) is 0 Å². The lowest BCUT2D eigenvalue weighted by Gasteiger charge is -2.47. The Morgan fingerprint density at radius 2 is 1.69 bits per heavy atom. The van der Waals surface area contributed by atoms with E-state index in [1.165, 1.54) is 38.5 Å². The minimum Gasteiger partial charge on any atom is -0.0882 e. The molecule has 9 aliphatic carbocycles. The van der Waals surface area contributed by atoms with Crippen molar-refractivity contribution in [2.24, 2.45) is 40.9 Å². The number of rotatable bonds is 0. The zero-order valence-electron chi connectivity index (χ0n) is 20.8. The van der Waals surface area contributed by atoms with Gasteiger partial charge in [0.1, 0.15) is 0 Å². The highest BCUT2D eigenvalue weighted by Gasteiger charge is 2.68. The SMILES string of the molecule is BrC1CC=CC2=C1C1(C3CC4=C5C(=C3C3CCC=CC31)C=CCC5C1=C4CCC=C1)C1C=CC=CC21. The number of allylic oxidation sites excluding steroid dienone is 20. The molecule has 9 rings (SSSR count). The second kappa shape index (κ2) is 7.25. The van der Waals surface area contributed by atoms with Crippen molar-refractivity contribution in [2.75, 3.05) is 0 Å². The summed E-state index contributed by atoms with van der Waals surface area (Å²) in [5, 5.41) is 0. The fourth-order valence-electron chi connectivity index (χ4n) is 10.5. The molecule has 0 aliphatic heterocycles. The Bertz CT molecular complexity index is 1410. The third-order valence-electron chi connectivity index (χ3n) is 11.4. The van der Waals surface area contributed by atoms with Crippen molar-refractivity contribution in [2.45, 2.75) is 49.8 Å². The Morgan fingerprint density at radius 3 is 2.67 bits per heavy atom. The van der Waals surface area contributed by atoms with E-state index in [4.69, 9.17) is 0 Å². The van der Waals surface area contributed by atoms with E-state index in [-0.39, 0.29) is 5.41 Å². The van der Waals surface area contributed by atoms with E-state index >= 15 is 0 Å². The van der Waals surface area contributed by atoms with Crippen molar-refractivity contribution in [3.8, 4) is 0 Å². The van der Waals surface area contributed by atoms with Crippen molar-refractivity contribution < 1.29 is 0 Å². The van der Waals surface area contributed by atoms with E-state index in [2.05, 4.69) is 88.8 Å². The van der Waals surface area contributed by atoms with Crippen LogP contribution in [0.3, 0.4) is 0 Å². The number of hydrogen-bond acceptors (Lipinski definition) is 0. The number of alkyl halides is 1. The average Bonchev–Trinajstić information content (AvgIpc) is 3.53. The number of halogens is 1. The summed E-state index contributed by atoms with van der Waals surface area (Å²) >= 11 is 4.27. The summed E-state index contributed by atoms with van der Waals surface area (Å²) < 4.78 is 0. The minimum absolute atomic E-state index is 0.192. The normalized spacial score (nSPS) is 44.4. The molecule has 0 saturated heterocycles. The molecular formula is C35H33Br. The van der Waals surface area contributed by atoms with Crippen molar-refractivity contribution >= 4 is 15.9 Å². The highest BCUT2D eigenvalue weighted by Crippen LogP contribution is 2.75. The largest absolute Gasteiger partial charge is 0.0882 e. The summed E-state index contributed by atoms with van der Waals surface area (Å²) in [5.41, 5.74) is 14.1. The van der Waals surface area contributed by atoms with Crippen molar-refractivity contribution in [1.29, 1.82) is 0 Å². The Morgan fingerprint density at radius 1 is 0.806 bits per heavy atom. The Kier molecular flexibility index (Phi) is 4.21. The van der Waals surface area contributed by atoms with Gasteiger partial charge in [-0.3, -0.25) is 0 Å². The molecule has 0 radical (unpaired) electrons. The maximum absolute atomic E-state index is 4.27. The van der Waals surface area contributed by atoms with E-state index in [1.807, 2.05) is 5.57 Å². The second-order valence-electron chi connectivity index (χ2n) is 12.5. The first kappa shape index (κ1) is 20.9. The Balaban J connectivity index is 1.34. The molecule has 0 aromatic rings. The van der Waals surface area contributed by atoms with Crippen molar-refractivity contribution in [3.05, 3.63) is 117 Å². The van der Waals surface area contributed by atoms with Gasteiger partial charge in [0.05, 0.1) is 0 Å². The van der Waals surface area contributed by atoms with Gasteiger partial charge in [-0.25, -0.2) is 0 Å². The van der Waals surface area contributed by atoms with Gasteiger partial charge < -0.3 is 0 Å². The summed E-state index contributed by atoms with van der Waals surface area (Å²) in [6.07, 6.45) is 38.7. The maximum atomic E-state index is 4.27. The predicted octanol–water partition coefficient (Wildman–Crippen LogP) is 8.81. The molecule has 0 N–H and O–H groups in total. The summed E-state index contributed by atoms with van der Waals surface area (Å²) in [7, 11) is 0. The Hall–Kier alpha value is -2.12. The molecule has 0 bridgehead atoms. The van der Waals surface area contributed by atoms with Crippen LogP contribution in [0.2, 0.25) is 0 Å². The quantitative estimate of drug-likeness (QED) is 0.216. The zero-order valence-corrected chi connectivity index (χ0v) is 22.4. The van der Waals surface area contributed by atoms with E-state index in [1.54, 1.807) is 39.0 Å². The Labute approximate surface area is 223 Å². The fourth-order valence-corrected chi connectivity index (χ4v) is 11.4. The highest BCUT2D eigenvalue weighted by atomic mass is 79.9. The van der Waals surface area contributed by atoms with E-state index in [0.717, 1.165) is 6.42 Å². The van der Waals surface area contributed by atoms with E-state index in [9.17, 15) is 0 Å². The first-order valence-corrected chi connectivity index (χ1v) is 15.3.